The van der Waals surface area contributed by atoms with Gasteiger partial charge in [0.05, 0.1) is 6.04 Å². The first-order valence-electron chi connectivity index (χ1n) is 45.9. The number of nitrogens with zero attached hydrogens (tertiary/aromatic N) is 1. The Morgan fingerprint density at radius 1 is 0.410 bits per heavy atom. The minimum absolute atomic E-state index is 0.0129. The normalized spacial score (nSPS) is 20.4. The molecule has 0 radical (unpaired) electrons. The molecule has 14 atom stereocenters. The van der Waals surface area contributed by atoms with Crippen molar-refractivity contribution in [1.29, 1.82) is 27.0 Å². The molecule has 2 heterocycles. The van der Waals surface area contributed by atoms with E-state index in [0.717, 1.165) is 21.6 Å². The van der Waals surface area contributed by atoms with Gasteiger partial charge in [-0.1, -0.05) is 76.2 Å². The second kappa shape index (κ2) is 62.7. The van der Waals surface area contributed by atoms with Crippen LogP contribution in [0, 0.1) is 27.0 Å². The number of hydrogen-bond donors (Lipinski definition) is 35. The van der Waals surface area contributed by atoms with Crippen molar-refractivity contribution in [1.82, 2.24) is 101 Å². The van der Waals surface area contributed by atoms with E-state index in [1.165, 1.54) is 53.4 Å². The number of carboxylic acids is 1. The molecule has 0 aromatic heterocycles. The lowest BCUT2D eigenvalue weighted by atomic mass is 10.0. The molecular formula is C86H139N33O18S2. The lowest BCUT2D eigenvalue weighted by molar-refractivity contribution is -0.142. The summed E-state index contributed by atoms with van der Waals surface area (Å²) in [4.78, 5) is 224. The zero-order valence-electron chi connectivity index (χ0n) is 77.6. The summed E-state index contributed by atoms with van der Waals surface area (Å²) >= 11 is 0. The quantitative estimate of drug-likeness (QED) is 0.0108. The Bertz CT molecular complexity index is 4590. The molecule has 2 aliphatic rings. The van der Waals surface area contributed by atoms with Gasteiger partial charge in [-0.05, 0) is 182 Å². The lowest BCUT2D eigenvalue weighted by Gasteiger charge is -2.31. The molecule has 44 N–H and O–H groups in total. The number of rotatable bonds is 47. The molecule has 0 saturated carbocycles. The maximum Gasteiger partial charge on any atom is 0.326 e. The number of aliphatic carboxylic acids is 1. The number of phenols is 2. The molecule has 5 rings (SSSR count). The molecule has 0 bridgehead atoms. The highest BCUT2D eigenvalue weighted by atomic mass is 33.1. The van der Waals surface area contributed by atoms with Crippen LogP contribution in [0.4, 0.5) is 4.79 Å². The first kappa shape index (κ1) is 116. The van der Waals surface area contributed by atoms with Gasteiger partial charge in [-0.2, -0.15) is 0 Å². The summed E-state index contributed by atoms with van der Waals surface area (Å²) in [5.41, 5.74) is 52.8. The summed E-state index contributed by atoms with van der Waals surface area (Å²) in [5, 5.41) is 118. The maximum absolute atomic E-state index is 15.8. The smallest absolute Gasteiger partial charge is 0.326 e. The molecule has 15 amide bonds. The van der Waals surface area contributed by atoms with Crippen LogP contribution in [0.1, 0.15) is 145 Å². The molecule has 139 heavy (non-hydrogen) atoms. The monoisotopic (exact) mass is 1990 g/mol. The fraction of sp³-hybridized carbons (Fsp3) is 0.558. The van der Waals surface area contributed by atoms with Crippen LogP contribution in [-0.2, 0) is 86.4 Å². The van der Waals surface area contributed by atoms with Gasteiger partial charge in [-0.15, -0.1) is 0 Å². The predicted octanol–water partition coefficient (Wildman–Crippen LogP) is -7.24. The van der Waals surface area contributed by atoms with Gasteiger partial charge in [0, 0.05) is 76.6 Å². The summed E-state index contributed by atoms with van der Waals surface area (Å²) in [7, 11) is 1.45. The van der Waals surface area contributed by atoms with Gasteiger partial charge in [0.15, 0.2) is 29.8 Å². The van der Waals surface area contributed by atoms with Crippen LogP contribution in [0.3, 0.4) is 0 Å². The van der Waals surface area contributed by atoms with Gasteiger partial charge in [0.25, 0.3) is 0 Å². The summed E-state index contributed by atoms with van der Waals surface area (Å²) in [5.74, 6) is -18.5. The maximum atomic E-state index is 15.8. The van der Waals surface area contributed by atoms with E-state index in [1.807, 2.05) is 0 Å². The van der Waals surface area contributed by atoms with Gasteiger partial charge in [0.2, 0.25) is 76.8 Å². The third-order valence-corrected chi connectivity index (χ3v) is 24.6. The van der Waals surface area contributed by atoms with Crippen LogP contribution in [0.25, 0.3) is 0 Å². The topological polar surface area (TPSA) is 890 Å². The molecule has 2 saturated heterocycles. The van der Waals surface area contributed by atoms with E-state index >= 15 is 57.5 Å². The number of phenolic OH excluding ortho intramolecular Hbond substituents is 2. The average Bonchev–Trinajstić information content (AvgIpc) is 1.70. The van der Waals surface area contributed by atoms with Crippen LogP contribution in [-0.4, -0.2) is 294 Å². The fourth-order valence-electron chi connectivity index (χ4n) is 14.7. The molecule has 53 heteroatoms. The number of amides is 15. The molecular weight excluding hydrogens is 1850 g/mol. The number of carbonyl (C=O) groups excluding carboxylic acids is 14. The molecule has 2 fully saturated rings. The number of guanidine groups is 5. The number of benzene rings is 3. The highest BCUT2D eigenvalue weighted by molar-refractivity contribution is 8.76. The first-order valence-corrected chi connectivity index (χ1v) is 48.4. The standard InChI is InChI=1S/C86H139N33O18S2/c87-34-6-4-18-54-70(125)112-59(19-5-7-35-88)79(134)119-42-14-25-66(119)78(133)116-63(45-50-28-32-52(121)33-29-50)75(130)110-56(21-10-38-103-83(94)95)69(124)108-57(23-12-41-106-86(100)137)71(126)117-64(76(131)113-60(80(135)136)24-13-40-105-85(98)99)46-138-139-47-65(77(132)115-62(44-49-26-30-51(120)31-27-49)74(129)109-55(68(123)107-54)20-9-37-102-82(92)93)118-72(127)58(22-11-39-104-84(96)97)111-73(128)61(43-48-15-2-1-3-16-48)114-67(122)53(89)17-8-36-101-81(90)91/h1-3,15-16,26-33,53-66,120-121H,4-14,17-25,34-47,87-89H2,(H,107,123)(H,108,124)(H,109,129)(H,110,130)(H,111,128)(H,112,125)(H,113,131)(H,114,122)(H,115,132)(H,116,133)(H,117,126)(H,118,127)(H,135,136)(H4,90,91,101)(H4,92,93,102)(H4,94,95,103)(H4,96,97,104)(H4,98,99,105)(H3,100,106,137)/t53-,54-,55-,56-,57-,58-,59+,60-,61-,62-,63-,64-,65-,66-/m0/s1. The van der Waals surface area contributed by atoms with Crippen molar-refractivity contribution in [3.63, 3.8) is 0 Å². The summed E-state index contributed by atoms with van der Waals surface area (Å²) in [6.45, 7) is -0.120. The second-order valence-electron chi connectivity index (χ2n) is 33.3. The number of fused-ring (bicyclic) bond motifs is 1. The minimum Gasteiger partial charge on any atom is -0.508 e. The number of primary amides is 1. The van der Waals surface area contributed by atoms with Crippen LogP contribution in [0.5, 0.6) is 11.5 Å². The second-order valence-corrected chi connectivity index (χ2v) is 35.8. The molecule has 0 aliphatic carbocycles. The van der Waals surface area contributed by atoms with E-state index < -0.39 is 222 Å². The third-order valence-electron chi connectivity index (χ3n) is 22.1. The van der Waals surface area contributed by atoms with Gasteiger partial charge < -0.3 is 168 Å². The molecule has 51 nitrogen and oxygen atoms in total. The number of aromatic hydroxyl groups is 2. The van der Waals surface area contributed by atoms with Gasteiger partial charge in [0.1, 0.15) is 90.0 Å². The average molecular weight is 1990 g/mol. The Kier molecular flexibility index (Phi) is 52.1. The lowest BCUT2D eigenvalue weighted by Crippen LogP contribution is -2.61. The van der Waals surface area contributed by atoms with E-state index in [4.69, 9.17) is 78.6 Å². The summed E-state index contributed by atoms with van der Waals surface area (Å²) in [6, 6.07) is -4.36. The molecule has 0 spiro atoms. The predicted molar refractivity (Wildman–Crippen MR) is 521 cm³/mol. The summed E-state index contributed by atoms with van der Waals surface area (Å²) in [6.07, 6.45) is -1.43. The number of carbonyl (C=O) groups is 15. The van der Waals surface area contributed by atoms with E-state index in [1.54, 1.807) is 30.3 Å². The highest BCUT2D eigenvalue weighted by Gasteiger charge is 2.42. The van der Waals surface area contributed by atoms with Gasteiger partial charge in [-0.3, -0.25) is 89.4 Å². The van der Waals surface area contributed by atoms with Crippen molar-refractivity contribution in [3.8, 4) is 11.5 Å². The minimum atomic E-state index is -1.90. The third kappa shape index (κ3) is 44.8. The summed E-state index contributed by atoms with van der Waals surface area (Å²) < 4.78 is 0. The Balaban J connectivity index is 1.82. The molecule has 0 unspecified atom stereocenters. The van der Waals surface area contributed by atoms with Crippen LogP contribution in [0.15, 0.2) is 78.9 Å². The van der Waals surface area contributed by atoms with E-state index in [0.29, 0.717) is 24.0 Å². The van der Waals surface area contributed by atoms with Crippen LogP contribution in [0.2, 0.25) is 0 Å². The van der Waals surface area contributed by atoms with Crippen molar-refractivity contribution in [3.05, 3.63) is 95.6 Å². The zero-order valence-corrected chi connectivity index (χ0v) is 79.2. The number of carboxylic acid groups (broad SMARTS) is 1. The number of urea groups is 1. The van der Waals surface area contributed by atoms with Crippen LogP contribution < -0.4 is 147 Å². The van der Waals surface area contributed by atoms with E-state index in [-0.39, 0.29) is 204 Å². The molecule has 3 aromatic rings. The van der Waals surface area contributed by atoms with E-state index in [2.05, 4.69) is 95.7 Å². The Hall–Kier alpha value is -14.0. The van der Waals surface area contributed by atoms with Crippen molar-refractivity contribution < 1.29 is 87.2 Å². The number of unbranched alkanes of at least 4 members (excludes halogenated alkanes) is 2. The Morgan fingerprint density at radius 3 is 1.25 bits per heavy atom. The van der Waals surface area contributed by atoms with Crippen molar-refractivity contribution in [2.45, 2.75) is 232 Å². The number of nitrogens with one attached hydrogen (secondary N) is 23. The zero-order chi connectivity index (χ0) is 102. The van der Waals surface area contributed by atoms with Crippen molar-refractivity contribution >= 4 is 140 Å². The molecule has 3 aromatic carbocycles. The first-order chi connectivity index (χ1) is 66.2. The fourth-order valence-corrected chi connectivity index (χ4v) is 17.1. The molecule has 768 valence electrons. The van der Waals surface area contributed by atoms with Crippen LogP contribution >= 0.6 is 21.6 Å². The van der Waals surface area contributed by atoms with E-state index in [9.17, 15) is 29.7 Å². The Labute approximate surface area is 812 Å². The van der Waals surface area contributed by atoms with Crippen molar-refractivity contribution in [2.75, 3.05) is 70.4 Å². The highest BCUT2D eigenvalue weighted by Crippen LogP contribution is 2.26. The Morgan fingerprint density at radius 2 is 0.799 bits per heavy atom. The van der Waals surface area contributed by atoms with Gasteiger partial charge >= 0.3 is 12.0 Å². The SMILES string of the molecule is N=C(N)NCCC[C@H](NC(=O)[C@@H]1CSSC[C@H](NC(=O)[C@H](CCCNC(=N)N)NC(=O)[C@H](Cc2ccccc2)NC(=O)[C@@H](N)CCCNC(=N)N)C(=O)N[C@@H](Cc2ccc(O)cc2)C(=O)N[C@@H](CCCNC(=N)N)C(=O)N[C@@H](CCCCN)C(=O)N[C@H](CCCCN)C(=O)N2CCC[C@H]2C(=O)N[C@@H](Cc2ccc(O)cc2)C(=O)N[C@@H](CCCNC(=N)N)C(=O)N[C@@H](CCCNC(N)=O)C(=O)N1)C(=O)O. The largest absolute Gasteiger partial charge is 0.508 e. The van der Waals surface area contributed by atoms with Gasteiger partial charge in [-0.25, -0.2) is 9.59 Å². The number of hydrogen-bond acceptors (Lipinski definition) is 27. The molecule has 2 aliphatic heterocycles. The van der Waals surface area contributed by atoms with Crippen molar-refractivity contribution in [2.24, 2.45) is 51.6 Å². The number of nitrogens with two attached hydrogens (primary N) is 9.